The van der Waals surface area contributed by atoms with Crippen LogP contribution in [0.15, 0.2) is 60.6 Å². The number of hydrogen-bond donors (Lipinski definition) is 0. The molecule has 0 spiro atoms. The van der Waals surface area contributed by atoms with Gasteiger partial charge in [0.25, 0.3) is 0 Å². The smallest absolute Gasteiger partial charge is 0.317 e. The van der Waals surface area contributed by atoms with Crippen LogP contribution >= 0.6 is 11.3 Å². The summed E-state index contributed by atoms with van der Waals surface area (Å²) in [6.45, 7) is 5.52. The molecule has 3 heterocycles. The van der Waals surface area contributed by atoms with Crippen molar-refractivity contribution in [2.24, 2.45) is 0 Å². The third-order valence-electron chi connectivity index (χ3n) is 5.02. The fourth-order valence-electron chi connectivity index (χ4n) is 3.03. The first kappa shape index (κ1) is 20.9. The number of pyridine rings is 1. The topological polar surface area (TPSA) is 69.9 Å². The van der Waals surface area contributed by atoms with Gasteiger partial charge in [0.1, 0.15) is 35.0 Å². The average molecular weight is 437 g/mol. The van der Waals surface area contributed by atoms with Crippen LogP contribution in [-0.4, -0.2) is 25.5 Å². The number of aromatic nitrogens is 4. The molecule has 0 unspecified atom stereocenters. The van der Waals surface area contributed by atoms with E-state index in [-0.39, 0.29) is 18.4 Å². The summed E-state index contributed by atoms with van der Waals surface area (Å²) < 4.78 is 20.7. The fourth-order valence-corrected chi connectivity index (χ4v) is 4.11. The molecule has 0 bridgehead atoms. The highest BCUT2D eigenvalue weighted by Gasteiger charge is 2.34. The largest absolute Gasteiger partial charge is 0.460 e. The van der Waals surface area contributed by atoms with Crippen LogP contribution in [0.1, 0.15) is 30.7 Å². The average Bonchev–Trinajstić information content (AvgIpc) is 3.45. The van der Waals surface area contributed by atoms with Gasteiger partial charge in [-0.1, -0.05) is 6.07 Å². The first-order valence-corrected chi connectivity index (χ1v) is 10.6. The zero-order valence-corrected chi connectivity index (χ0v) is 18.2. The number of carbonyl (C=O) groups excluding carboxylic acids is 1. The Morgan fingerprint density at radius 2 is 2.10 bits per heavy atom. The molecule has 0 aliphatic rings. The summed E-state index contributed by atoms with van der Waals surface area (Å²) in [5, 5.41) is 2.59. The number of ether oxygens (including phenoxy) is 1. The van der Waals surface area contributed by atoms with E-state index >= 15 is 0 Å². The Hall–Kier alpha value is -3.39. The van der Waals surface area contributed by atoms with E-state index in [2.05, 4.69) is 15.0 Å². The Kier molecular flexibility index (Phi) is 5.65. The number of carbonyl (C=O) groups is 1. The number of aryl methyl sites for hydroxylation is 1. The molecule has 0 saturated heterocycles. The predicted molar refractivity (Wildman–Crippen MR) is 116 cm³/mol. The second-order valence-corrected chi connectivity index (χ2v) is 8.55. The maximum Gasteiger partial charge on any atom is 0.317 e. The van der Waals surface area contributed by atoms with Crippen LogP contribution in [0.2, 0.25) is 0 Å². The third-order valence-corrected chi connectivity index (χ3v) is 5.90. The Morgan fingerprint density at radius 3 is 2.77 bits per heavy atom. The molecule has 0 fully saturated rings. The molecule has 4 aromatic rings. The van der Waals surface area contributed by atoms with E-state index in [0.29, 0.717) is 5.69 Å². The number of benzene rings is 1. The summed E-state index contributed by atoms with van der Waals surface area (Å²) in [5.74, 6) is 0.0762. The zero-order chi connectivity index (χ0) is 22.0. The minimum atomic E-state index is -0.924. The Morgan fingerprint density at radius 1 is 1.26 bits per heavy atom. The van der Waals surface area contributed by atoms with Crippen molar-refractivity contribution in [2.45, 2.75) is 32.8 Å². The van der Waals surface area contributed by atoms with Crippen molar-refractivity contribution in [3.05, 3.63) is 83.3 Å². The van der Waals surface area contributed by atoms with Crippen LogP contribution in [0.5, 0.6) is 0 Å². The number of thiazole rings is 1. The molecule has 1 aromatic carbocycles. The molecule has 0 amide bonds. The minimum Gasteiger partial charge on any atom is -0.460 e. The summed E-state index contributed by atoms with van der Waals surface area (Å²) >= 11 is 1.42. The number of rotatable bonds is 6. The molecular formula is C23H21FN4O2S. The molecule has 3 aromatic heterocycles. The van der Waals surface area contributed by atoms with E-state index in [9.17, 15) is 9.18 Å². The molecule has 0 N–H and O–H groups in total. The van der Waals surface area contributed by atoms with Crippen LogP contribution in [0.3, 0.4) is 0 Å². The van der Waals surface area contributed by atoms with Gasteiger partial charge in [0.05, 0.1) is 5.69 Å². The van der Waals surface area contributed by atoms with Crippen LogP contribution in [0.4, 0.5) is 4.39 Å². The summed E-state index contributed by atoms with van der Waals surface area (Å²) in [5.41, 5.74) is 2.13. The zero-order valence-electron chi connectivity index (χ0n) is 17.4. The predicted octanol–water partition coefficient (Wildman–Crippen LogP) is 4.86. The van der Waals surface area contributed by atoms with Gasteiger partial charge in [0.15, 0.2) is 0 Å². The summed E-state index contributed by atoms with van der Waals surface area (Å²) in [6, 6.07) is 8.30. The van der Waals surface area contributed by atoms with E-state index in [1.807, 2.05) is 24.4 Å². The molecule has 0 atom stereocenters. The number of nitrogens with zero attached hydrogens (tertiary/aromatic N) is 4. The maximum absolute atomic E-state index is 13.4. The molecular weight excluding hydrogens is 415 g/mol. The third kappa shape index (κ3) is 4.39. The highest BCUT2D eigenvalue weighted by molar-refractivity contribution is 7.13. The van der Waals surface area contributed by atoms with Gasteiger partial charge < -0.3 is 4.74 Å². The first-order valence-electron chi connectivity index (χ1n) is 9.67. The fraction of sp³-hybridized carbons (Fsp3) is 0.217. The monoisotopic (exact) mass is 436 g/mol. The van der Waals surface area contributed by atoms with Gasteiger partial charge in [-0.15, -0.1) is 11.3 Å². The van der Waals surface area contributed by atoms with Crippen molar-refractivity contribution in [3.8, 4) is 16.4 Å². The second kappa shape index (κ2) is 8.39. The highest BCUT2D eigenvalue weighted by Crippen LogP contribution is 2.32. The highest BCUT2D eigenvalue weighted by atomic mass is 32.1. The van der Waals surface area contributed by atoms with Crippen LogP contribution in [-0.2, 0) is 21.6 Å². The molecule has 6 nitrogen and oxygen atoms in total. The second-order valence-electron chi connectivity index (χ2n) is 7.69. The van der Waals surface area contributed by atoms with Crippen molar-refractivity contribution in [3.63, 3.8) is 0 Å². The van der Waals surface area contributed by atoms with E-state index in [1.54, 1.807) is 49.4 Å². The summed E-state index contributed by atoms with van der Waals surface area (Å²) in [6.07, 6.45) is 6.83. The van der Waals surface area contributed by atoms with Crippen molar-refractivity contribution < 1.29 is 13.9 Å². The Labute approximate surface area is 183 Å². The Bertz CT molecular complexity index is 1200. The van der Waals surface area contributed by atoms with E-state index in [4.69, 9.17) is 4.74 Å². The van der Waals surface area contributed by atoms with Gasteiger partial charge in [-0.3, -0.25) is 9.36 Å². The quantitative estimate of drug-likeness (QED) is 0.404. The lowest BCUT2D eigenvalue weighted by atomic mass is 9.90. The minimum absolute atomic E-state index is 0.119. The summed E-state index contributed by atoms with van der Waals surface area (Å²) in [4.78, 5) is 25.8. The summed E-state index contributed by atoms with van der Waals surface area (Å²) in [7, 11) is 0. The molecule has 0 aliphatic carbocycles. The molecule has 31 heavy (non-hydrogen) atoms. The lowest BCUT2D eigenvalue weighted by molar-refractivity contribution is -0.150. The van der Waals surface area contributed by atoms with Gasteiger partial charge in [-0.25, -0.2) is 19.3 Å². The van der Waals surface area contributed by atoms with Crippen molar-refractivity contribution in [1.29, 1.82) is 0 Å². The van der Waals surface area contributed by atoms with Gasteiger partial charge in [0.2, 0.25) is 0 Å². The van der Waals surface area contributed by atoms with Crippen LogP contribution < -0.4 is 0 Å². The number of esters is 1. The Balaban J connectivity index is 1.44. The lowest BCUT2D eigenvalue weighted by Gasteiger charge is -2.20. The number of imidazole rings is 1. The van der Waals surface area contributed by atoms with Gasteiger partial charge in [-0.2, -0.15) is 0 Å². The molecule has 8 heteroatoms. The van der Waals surface area contributed by atoms with Gasteiger partial charge in [-0.05, 0) is 50.6 Å². The van der Waals surface area contributed by atoms with Crippen molar-refractivity contribution >= 4 is 17.3 Å². The van der Waals surface area contributed by atoms with E-state index in [1.165, 1.54) is 23.5 Å². The van der Waals surface area contributed by atoms with Gasteiger partial charge >= 0.3 is 5.97 Å². The van der Waals surface area contributed by atoms with Crippen molar-refractivity contribution in [2.75, 3.05) is 0 Å². The van der Waals surface area contributed by atoms with E-state index in [0.717, 1.165) is 27.5 Å². The standard InChI is InChI=1S/C23H21FN4O2S/c1-15-10-17(24)5-6-18(15)21-27-19(13-31-21)23(2,3)22(29)30-12-16-4-7-20(26-11-16)28-9-8-25-14-28/h4-11,13-14H,12H2,1-3H3. The normalized spacial score (nSPS) is 11.5. The molecule has 158 valence electrons. The molecule has 0 radical (unpaired) electrons. The van der Waals surface area contributed by atoms with E-state index < -0.39 is 5.41 Å². The molecule has 0 saturated carbocycles. The molecule has 0 aliphatic heterocycles. The van der Waals surface area contributed by atoms with Crippen LogP contribution in [0, 0.1) is 12.7 Å². The van der Waals surface area contributed by atoms with Crippen LogP contribution in [0.25, 0.3) is 16.4 Å². The number of hydrogen-bond acceptors (Lipinski definition) is 6. The van der Waals surface area contributed by atoms with Crippen molar-refractivity contribution in [1.82, 2.24) is 19.5 Å². The van der Waals surface area contributed by atoms with Gasteiger partial charge in [0, 0.05) is 35.1 Å². The SMILES string of the molecule is Cc1cc(F)ccc1-c1nc(C(C)(C)C(=O)OCc2ccc(-n3ccnc3)nc2)cs1. The first-order chi connectivity index (χ1) is 14.8. The maximum atomic E-state index is 13.4. The molecule has 4 rings (SSSR count). The lowest BCUT2D eigenvalue weighted by Crippen LogP contribution is -2.31. The number of halogens is 1.